The van der Waals surface area contributed by atoms with Gasteiger partial charge in [0.1, 0.15) is 5.76 Å². The van der Waals surface area contributed by atoms with Crippen LogP contribution in [0.25, 0.3) is 0 Å². The van der Waals surface area contributed by atoms with Crippen molar-refractivity contribution >= 4 is 6.01 Å². The van der Waals surface area contributed by atoms with E-state index in [-0.39, 0.29) is 0 Å². The van der Waals surface area contributed by atoms with Crippen LogP contribution in [0.3, 0.4) is 0 Å². The van der Waals surface area contributed by atoms with Crippen molar-refractivity contribution in [2.45, 2.75) is 19.9 Å². The number of anilines is 1. The third-order valence-electron chi connectivity index (χ3n) is 3.55. The highest BCUT2D eigenvalue weighted by Gasteiger charge is 2.54. The van der Waals surface area contributed by atoms with Gasteiger partial charge < -0.3 is 15.1 Å². The second-order valence-electron chi connectivity index (χ2n) is 4.45. The minimum atomic E-state index is 0.434. The zero-order chi connectivity index (χ0) is 9.87. The second kappa shape index (κ2) is 2.51. The summed E-state index contributed by atoms with van der Waals surface area (Å²) >= 11 is 0. The van der Waals surface area contributed by atoms with Crippen molar-refractivity contribution in [2.24, 2.45) is 17.6 Å². The van der Waals surface area contributed by atoms with Crippen LogP contribution in [0.4, 0.5) is 6.01 Å². The molecule has 1 aliphatic heterocycles. The fourth-order valence-corrected chi connectivity index (χ4v) is 2.32. The van der Waals surface area contributed by atoms with Crippen molar-refractivity contribution in [3.05, 3.63) is 11.5 Å². The molecule has 0 amide bonds. The lowest BCUT2D eigenvalue weighted by molar-refractivity contribution is 0.509. The number of piperidine rings is 1. The molecular formula is C10H15N3O. The smallest absolute Gasteiger partial charge is 0.297 e. The molecule has 1 aromatic rings. The first-order valence-electron chi connectivity index (χ1n) is 5.11. The summed E-state index contributed by atoms with van der Waals surface area (Å²) < 4.78 is 5.58. The van der Waals surface area contributed by atoms with Crippen molar-refractivity contribution in [1.82, 2.24) is 4.98 Å². The Kier molecular flexibility index (Phi) is 1.49. The van der Waals surface area contributed by atoms with Crippen molar-refractivity contribution in [3.63, 3.8) is 0 Å². The van der Waals surface area contributed by atoms with Crippen LogP contribution in [-0.4, -0.2) is 24.1 Å². The highest BCUT2D eigenvalue weighted by Crippen LogP contribution is 2.45. The summed E-state index contributed by atoms with van der Waals surface area (Å²) in [7, 11) is 0. The van der Waals surface area contributed by atoms with Gasteiger partial charge in [-0.2, -0.15) is 4.98 Å². The largest absolute Gasteiger partial charge is 0.429 e. The summed E-state index contributed by atoms with van der Waals surface area (Å²) in [5.74, 6) is 2.29. The summed E-state index contributed by atoms with van der Waals surface area (Å²) in [5.41, 5.74) is 6.86. The van der Waals surface area contributed by atoms with Gasteiger partial charge in [-0.3, -0.25) is 0 Å². The van der Waals surface area contributed by atoms with Crippen molar-refractivity contribution < 1.29 is 4.42 Å². The first-order chi connectivity index (χ1) is 6.66. The summed E-state index contributed by atoms with van der Waals surface area (Å²) in [4.78, 5) is 6.60. The van der Waals surface area contributed by atoms with E-state index < -0.39 is 0 Å². The first-order valence-corrected chi connectivity index (χ1v) is 5.11. The van der Waals surface area contributed by atoms with E-state index in [1.165, 1.54) is 0 Å². The fraction of sp³-hybridized carbons (Fsp3) is 0.700. The Morgan fingerprint density at radius 3 is 2.50 bits per heavy atom. The second-order valence-corrected chi connectivity index (χ2v) is 4.45. The lowest BCUT2D eigenvalue weighted by atomic mass is 10.4. The molecule has 76 valence electrons. The molecule has 2 aliphatic rings. The maximum Gasteiger partial charge on any atom is 0.297 e. The van der Waals surface area contributed by atoms with Gasteiger partial charge in [0.25, 0.3) is 6.01 Å². The van der Waals surface area contributed by atoms with Crippen LogP contribution in [-0.2, 0) is 0 Å². The zero-order valence-corrected chi connectivity index (χ0v) is 8.53. The van der Waals surface area contributed by atoms with Crippen LogP contribution in [0.5, 0.6) is 0 Å². The fourth-order valence-electron chi connectivity index (χ4n) is 2.32. The number of aromatic nitrogens is 1. The number of rotatable bonds is 1. The topological polar surface area (TPSA) is 55.3 Å². The monoisotopic (exact) mass is 193 g/mol. The van der Waals surface area contributed by atoms with Gasteiger partial charge in [0, 0.05) is 19.1 Å². The van der Waals surface area contributed by atoms with Crippen molar-refractivity contribution in [3.8, 4) is 0 Å². The number of fused-ring (bicyclic) bond motifs is 1. The Morgan fingerprint density at radius 1 is 1.36 bits per heavy atom. The van der Waals surface area contributed by atoms with E-state index in [1.54, 1.807) is 0 Å². The molecule has 1 aliphatic carbocycles. The number of hydrogen-bond acceptors (Lipinski definition) is 4. The van der Waals surface area contributed by atoms with Gasteiger partial charge in [-0.05, 0) is 25.7 Å². The molecule has 2 unspecified atom stereocenters. The molecule has 4 nitrogen and oxygen atoms in total. The van der Waals surface area contributed by atoms with E-state index in [0.717, 1.165) is 30.6 Å². The Morgan fingerprint density at radius 2 is 2.00 bits per heavy atom. The Hall–Kier alpha value is -1.03. The normalized spacial score (nSPS) is 34.8. The Bertz CT molecular complexity index is 342. The van der Waals surface area contributed by atoms with Crippen LogP contribution < -0.4 is 10.6 Å². The first kappa shape index (κ1) is 8.29. The molecule has 0 radical (unpaired) electrons. The van der Waals surface area contributed by atoms with E-state index in [4.69, 9.17) is 10.2 Å². The number of aryl methyl sites for hydroxylation is 2. The molecule has 0 spiro atoms. The lowest BCUT2D eigenvalue weighted by Crippen LogP contribution is -2.28. The molecule has 1 saturated heterocycles. The van der Waals surface area contributed by atoms with Gasteiger partial charge >= 0.3 is 0 Å². The highest BCUT2D eigenvalue weighted by atomic mass is 16.4. The predicted octanol–water partition coefficient (Wildman–Crippen LogP) is 0.685. The molecule has 1 aromatic heterocycles. The highest BCUT2D eigenvalue weighted by molar-refractivity contribution is 5.35. The maximum atomic E-state index is 5.87. The van der Waals surface area contributed by atoms with Crippen molar-refractivity contribution in [1.29, 1.82) is 0 Å². The van der Waals surface area contributed by atoms with Crippen LogP contribution >= 0.6 is 0 Å². The molecule has 2 N–H and O–H groups in total. The molecule has 2 atom stereocenters. The maximum absolute atomic E-state index is 5.87. The Balaban J connectivity index is 1.79. The van der Waals surface area contributed by atoms with E-state index in [2.05, 4.69) is 9.88 Å². The number of nitrogens with two attached hydrogens (primary N) is 1. The van der Waals surface area contributed by atoms with Gasteiger partial charge in [0.05, 0.1) is 5.69 Å². The minimum Gasteiger partial charge on any atom is -0.429 e. The number of nitrogens with zero attached hydrogens (tertiary/aromatic N) is 2. The minimum absolute atomic E-state index is 0.434. The van der Waals surface area contributed by atoms with Gasteiger partial charge in [-0.15, -0.1) is 0 Å². The molecule has 4 heteroatoms. The summed E-state index contributed by atoms with van der Waals surface area (Å²) in [6.45, 7) is 5.97. The lowest BCUT2D eigenvalue weighted by Gasteiger charge is -2.15. The molecule has 1 saturated carbocycles. The Labute approximate surface area is 83.1 Å². The molecular weight excluding hydrogens is 178 g/mol. The van der Waals surface area contributed by atoms with Crippen molar-refractivity contribution in [2.75, 3.05) is 18.0 Å². The van der Waals surface area contributed by atoms with E-state index in [0.29, 0.717) is 17.9 Å². The average Bonchev–Trinajstić information content (AvgIpc) is 2.57. The molecule has 0 bridgehead atoms. The van der Waals surface area contributed by atoms with Crippen LogP contribution in [0, 0.1) is 25.7 Å². The SMILES string of the molecule is Cc1nc(N2CC3C(N)C3C2)oc1C. The van der Waals surface area contributed by atoms with Gasteiger partial charge in [-0.1, -0.05) is 0 Å². The zero-order valence-electron chi connectivity index (χ0n) is 8.53. The molecule has 0 aromatic carbocycles. The average molecular weight is 193 g/mol. The van der Waals surface area contributed by atoms with Gasteiger partial charge in [0.15, 0.2) is 0 Å². The predicted molar refractivity (Wildman–Crippen MR) is 53.1 cm³/mol. The van der Waals surface area contributed by atoms with Gasteiger partial charge in [-0.25, -0.2) is 0 Å². The third-order valence-corrected chi connectivity index (χ3v) is 3.55. The van der Waals surface area contributed by atoms with Crippen LogP contribution in [0.1, 0.15) is 11.5 Å². The standard InChI is InChI=1S/C10H15N3O/c1-5-6(2)14-10(12-5)13-3-7-8(4-13)9(7)11/h7-9H,3-4,11H2,1-2H3. The molecule has 2 heterocycles. The van der Waals surface area contributed by atoms with Crippen LogP contribution in [0.15, 0.2) is 4.42 Å². The quantitative estimate of drug-likeness (QED) is 0.712. The number of oxazole rings is 1. The van der Waals surface area contributed by atoms with Gasteiger partial charge in [0.2, 0.25) is 0 Å². The molecule has 2 fully saturated rings. The van der Waals surface area contributed by atoms with E-state index >= 15 is 0 Å². The summed E-state index contributed by atoms with van der Waals surface area (Å²) in [5, 5.41) is 0. The summed E-state index contributed by atoms with van der Waals surface area (Å²) in [6, 6.07) is 1.21. The summed E-state index contributed by atoms with van der Waals surface area (Å²) in [6.07, 6.45) is 0. The third kappa shape index (κ3) is 1.00. The molecule has 3 rings (SSSR count). The molecule has 14 heavy (non-hydrogen) atoms. The number of hydrogen-bond donors (Lipinski definition) is 1. The van der Waals surface area contributed by atoms with E-state index in [9.17, 15) is 0 Å². The van der Waals surface area contributed by atoms with Crippen LogP contribution in [0.2, 0.25) is 0 Å². The van der Waals surface area contributed by atoms with E-state index in [1.807, 2.05) is 13.8 Å².